The van der Waals surface area contributed by atoms with Crippen LogP contribution in [0.25, 0.3) is 0 Å². The van der Waals surface area contributed by atoms with Crippen LogP contribution in [0.2, 0.25) is 0 Å². The fourth-order valence-electron chi connectivity index (χ4n) is 2.49. The van der Waals surface area contributed by atoms with E-state index in [-0.39, 0.29) is 22.7 Å². The number of nitrogens with zero attached hydrogens (tertiary/aromatic N) is 1. The van der Waals surface area contributed by atoms with E-state index in [9.17, 15) is 14.4 Å². The lowest BCUT2D eigenvalue weighted by Crippen LogP contribution is -2.46. The van der Waals surface area contributed by atoms with Crippen LogP contribution in [-0.4, -0.2) is 35.9 Å². The third-order valence-electron chi connectivity index (χ3n) is 4.15. The second-order valence-electron chi connectivity index (χ2n) is 6.40. The van der Waals surface area contributed by atoms with E-state index in [0.717, 1.165) is 28.5 Å². The molecule has 0 saturated heterocycles. The highest BCUT2D eigenvalue weighted by Gasteiger charge is 2.31. The number of hydrogen-bond donors (Lipinski definition) is 0. The summed E-state index contributed by atoms with van der Waals surface area (Å²) >= 11 is 0.986. The molecule has 0 fully saturated rings. The maximum absolute atomic E-state index is 12.9. The first-order chi connectivity index (χ1) is 11.6. The van der Waals surface area contributed by atoms with E-state index in [4.69, 9.17) is 4.74 Å². The number of aryl methyl sites for hydroxylation is 2. The number of methoxy groups -OCH3 is 1. The van der Waals surface area contributed by atoms with Gasteiger partial charge in [0.25, 0.3) is 0 Å². The molecule has 1 aromatic rings. The number of anilines is 1. The van der Waals surface area contributed by atoms with Crippen LogP contribution < -0.4 is 4.90 Å². The predicted octanol–water partition coefficient (Wildman–Crippen LogP) is 3.42. The van der Waals surface area contributed by atoms with Crippen molar-refractivity contribution in [2.45, 2.75) is 47.6 Å². The lowest BCUT2D eigenvalue weighted by atomic mass is 10.0. The molecule has 1 aromatic carbocycles. The zero-order chi connectivity index (χ0) is 19.3. The third kappa shape index (κ3) is 5.08. The maximum Gasteiger partial charge on any atom is 0.328 e. The van der Waals surface area contributed by atoms with Crippen molar-refractivity contribution in [3.8, 4) is 0 Å². The molecule has 138 valence electrons. The molecule has 1 amide bonds. The first-order valence-electron chi connectivity index (χ1n) is 8.25. The second kappa shape index (κ2) is 9.04. The highest BCUT2D eigenvalue weighted by Crippen LogP contribution is 2.30. The SMILES string of the molecule is COC(=O)C(C)N(C(=O)CSC(=O)C(C)C)c1c(C)ccc(C)c1C. The molecule has 1 rings (SSSR count). The smallest absolute Gasteiger partial charge is 0.328 e. The van der Waals surface area contributed by atoms with Crippen LogP contribution >= 0.6 is 11.8 Å². The standard InChI is InChI=1S/C19H27NO4S/c1-11(2)19(23)25-10-16(21)20(15(6)18(22)24-7)17-13(4)9-8-12(3)14(17)5/h8-9,11,15H,10H2,1-7H3. The van der Waals surface area contributed by atoms with E-state index >= 15 is 0 Å². The Morgan fingerprint density at radius 2 is 1.64 bits per heavy atom. The average Bonchev–Trinajstić information content (AvgIpc) is 2.58. The van der Waals surface area contributed by atoms with Gasteiger partial charge >= 0.3 is 5.97 Å². The van der Waals surface area contributed by atoms with Crippen molar-refractivity contribution in [3.63, 3.8) is 0 Å². The molecule has 0 N–H and O–H groups in total. The first-order valence-corrected chi connectivity index (χ1v) is 9.23. The van der Waals surface area contributed by atoms with Crippen molar-refractivity contribution in [1.29, 1.82) is 0 Å². The van der Waals surface area contributed by atoms with Gasteiger partial charge in [0.05, 0.1) is 18.6 Å². The highest BCUT2D eigenvalue weighted by atomic mass is 32.2. The topological polar surface area (TPSA) is 63.7 Å². The summed E-state index contributed by atoms with van der Waals surface area (Å²) in [6, 6.07) is 3.14. The summed E-state index contributed by atoms with van der Waals surface area (Å²) in [6.45, 7) is 11.0. The molecule has 1 unspecified atom stereocenters. The van der Waals surface area contributed by atoms with Gasteiger partial charge in [-0.3, -0.25) is 14.5 Å². The van der Waals surface area contributed by atoms with Gasteiger partial charge in [0.1, 0.15) is 6.04 Å². The van der Waals surface area contributed by atoms with E-state index in [0.29, 0.717) is 5.69 Å². The first kappa shape index (κ1) is 21.2. The predicted molar refractivity (Wildman–Crippen MR) is 102 cm³/mol. The molecule has 1 atom stereocenters. The number of ether oxygens (including phenoxy) is 1. The van der Waals surface area contributed by atoms with Crippen molar-refractivity contribution in [1.82, 2.24) is 0 Å². The van der Waals surface area contributed by atoms with Crippen molar-refractivity contribution in [2.24, 2.45) is 5.92 Å². The molecule has 6 heteroatoms. The van der Waals surface area contributed by atoms with Gasteiger partial charge in [0, 0.05) is 5.92 Å². The Morgan fingerprint density at radius 3 is 2.16 bits per heavy atom. The van der Waals surface area contributed by atoms with Gasteiger partial charge in [0.2, 0.25) is 5.91 Å². The minimum absolute atomic E-state index is 0.00876. The molecule has 0 radical (unpaired) electrons. The van der Waals surface area contributed by atoms with Gasteiger partial charge < -0.3 is 4.74 Å². The van der Waals surface area contributed by atoms with Gasteiger partial charge in [-0.05, 0) is 44.4 Å². The van der Waals surface area contributed by atoms with Gasteiger partial charge in [-0.2, -0.15) is 0 Å². The van der Waals surface area contributed by atoms with Crippen molar-refractivity contribution in [2.75, 3.05) is 17.8 Å². The van der Waals surface area contributed by atoms with Crippen LogP contribution in [-0.2, 0) is 19.1 Å². The monoisotopic (exact) mass is 365 g/mol. The summed E-state index contributed by atoms with van der Waals surface area (Å²) in [4.78, 5) is 38.3. The van der Waals surface area contributed by atoms with Crippen LogP contribution in [0.5, 0.6) is 0 Å². The Hall–Kier alpha value is -1.82. The molecule has 0 aliphatic carbocycles. The zero-order valence-electron chi connectivity index (χ0n) is 16.0. The quantitative estimate of drug-likeness (QED) is 0.723. The van der Waals surface area contributed by atoms with Crippen LogP contribution in [0.3, 0.4) is 0 Å². The second-order valence-corrected chi connectivity index (χ2v) is 7.38. The number of rotatable bonds is 6. The number of thioether (sulfide) groups is 1. The molecule has 0 bridgehead atoms. The number of benzene rings is 1. The van der Waals surface area contributed by atoms with Gasteiger partial charge in [-0.1, -0.05) is 37.7 Å². The molecule has 25 heavy (non-hydrogen) atoms. The summed E-state index contributed by atoms with van der Waals surface area (Å²) < 4.78 is 4.83. The molecule has 0 aromatic heterocycles. The Bertz CT molecular complexity index is 670. The summed E-state index contributed by atoms with van der Waals surface area (Å²) in [5.74, 6) is -0.931. The van der Waals surface area contributed by atoms with Crippen LogP contribution in [0.15, 0.2) is 12.1 Å². The fourth-order valence-corrected chi connectivity index (χ4v) is 3.22. The molecule has 0 heterocycles. The van der Waals surface area contributed by atoms with Crippen LogP contribution in [0.1, 0.15) is 37.5 Å². The van der Waals surface area contributed by atoms with E-state index < -0.39 is 12.0 Å². The Balaban J connectivity index is 3.27. The van der Waals surface area contributed by atoms with Crippen molar-refractivity contribution in [3.05, 3.63) is 28.8 Å². The molecular weight excluding hydrogens is 338 g/mol. The molecule has 0 spiro atoms. The van der Waals surface area contributed by atoms with Crippen LogP contribution in [0.4, 0.5) is 5.69 Å². The zero-order valence-corrected chi connectivity index (χ0v) is 16.8. The Morgan fingerprint density at radius 1 is 1.08 bits per heavy atom. The van der Waals surface area contributed by atoms with Gasteiger partial charge in [0.15, 0.2) is 5.12 Å². The lowest BCUT2D eigenvalue weighted by Gasteiger charge is -2.31. The van der Waals surface area contributed by atoms with E-state index in [1.807, 2.05) is 32.9 Å². The van der Waals surface area contributed by atoms with Crippen molar-refractivity contribution < 1.29 is 19.1 Å². The maximum atomic E-state index is 12.9. The van der Waals surface area contributed by atoms with E-state index in [2.05, 4.69) is 0 Å². The summed E-state index contributed by atoms with van der Waals surface area (Å²) in [6.07, 6.45) is 0. The lowest BCUT2D eigenvalue weighted by molar-refractivity contribution is -0.142. The number of esters is 1. The number of hydrogen-bond acceptors (Lipinski definition) is 5. The molecule has 0 aliphatic rings. The molecular formula is C19H27NO4S. The van der Waals surface area contributed by atoms with E-state index in [1.165, 1.54) is 12.0 Å². The average molecular weight is 365 g/mol. The summed E-state index contributed by atoms with van der Waals surface area (Å²) in [5, 5.41) is -0.0447. The molecule has 0 saturated carbocycles. The van der Waals surface area contributed by atoms with Crippen LogP contribution in [0, 0.1) is 26.7 Å². The summed E-state index contributed by atoms with van der Waals surface area (Å²) in [7, 11) is 1.30. The Labute approximate surface area is 154 Å². The largest absolute Gasteiger partial charge is 0.467 e. The minimum atomic E-state index is -0.772. The molecule has 5 nitrogen and oxygen atoms in total. The third-order valence-corrected chi connectivity index (χ3v) is 5.30. The highest BCUT2D eigenvalue weighted by molar-refractivity contribution is 8.14. The van der Waals surface area contributed by atoms with Gasteiger partial charge in [-0.15, -0.1) is 0 Å². The molecule has 0 aliphatic heterocycles. The summed E-state index contributed by atoms with van der Waals surface area (Å²) in [5.41, 5.74) is 3.57. The number of carbonyl (C=O) groups excluding carboxylic acids is 3. The Kier molecular flexibility index (Phi) is 7.67. The fraction of sp³-hybridized carbons (Fsp3) is 0.526. The van der Waals surface area contributed by atoms with Gasteiger partial charge in [-0.25, -0.2) is 4.79 Å². The number of carbonyl (C=O) groups is 3. The minimum Gasteiger partial charge on any atom is -0.467 e. The van der Waals surface area contributed by atoms with Crippen molar-refractivity contribution >= 4 is 34.4 Å². The van der Waals surface area contributed by atoms with E-state index in [1.54, 1.807) is 20.8 Å². The number of amides is 1. The normalized spacial score (nSPS) is 12.0.